The van der Waals surface area contributed by atoms with Crippen LogP contribution in [0.25, 0.3) is 0 Å². The summed E-state index contributed by atoms with van der Waals surface area (Å²) in [5.74, 6) is 1.33. The Morgan fingerprint density at radius 1 is 1.40 bits per heavy atom. The fourth-order valence-electron chi connectivity index (χ4n) is 2.94. The zero-order valence-electron chi connectivity index (χ0n) is 9.98. The Balaban J connectivity index is 1.87. The summed E-state index contributed by atoms with van der Waals surface area (Å²) in [5, 5.41) is 0. The van der Waals surface area contributed by atoms with Crippen LogP contribution in [0.2, 0.25) is 0 Å². The molecule has 0 bridgehead atoms. The van der Waals surface area contributed by atoms with Gasteiger partial charge in [0.25, 0.3) is 0 Å². The molecule has 0 aromatic rings. The van der Waals surface area contributed by atoms with Crippen molar-refractivity contribution in [3.63, 3.8) is 0 Å². The first-order chi connectivity index (χ1) is 7.18. The summed E-state index contributed by atoms with van der Waals surface area (Å²) in [7, 11) is 0. The van der Waals surface area contributed by atoms with E-state index in [0.717, 1.165) is 31.7 Å². The lowest BCUT2D eigenvalue weighted by molar-refractivity contribution is 0.148. The molecule has 0 spiro atoms. The quantitative estimate of drug-likeness (QED) is 0.761. The van der Waals surface area contributed by atoms with E-state index in [1.165, 1.54) is 19.4 Å². The van der Waals surface area contributed by atoms with Crippen LogP contribution < -0.4 is 5.73 Å². The van der Waals surface area contributed by atoms with Gasteiger partial charge in [-0.1, -0.05) is 13.8 Å². The number of rotatable bonds is 3. The second-order valence-electron chi connectivity index (χ2n) is 5.41. The molecule has 0 radical (unpaired) electrons. The molecule has 2 aliphatic rings. The van der Waals surface area contributed by atoms with Crippen molar-refractivity contribution in [3.8, 4) is 0 Å². The maximum atomic E-state index is 6.03. The number of likely N-dealkylation sites (tertiary alicyclic amines) is 1. The van der Waals surface area contributed by atoms with Crippen molar-refractivity contribution in [1.29, 1.82) is 0 Å². The molecule has 3 unspecified atom stereocenters. The number of hydrogen-bond acceptors (Lipinski definition) is 3. The summed E-state index contributed by atoms with van der Waals surface area (Å²) in [6.07, 6.45) is 2.71. The third-order valence-electron chi connectivity index (χ3n) is 3.90. The minimum Gasteiger partial charge on any atom is -0.379 e. The standard InChI is InChI=1S/C12H24N2O/c1-9(2)12-4-3-5-14(12)6-10-7-15-8-11(10)13/h9-12H,3-8,13H2,1-2H3. The molecule has 2 heterocycles. The van der Waals surface area contributed by atoms with Gasteiger partial charge in [-0.3, -0.25) is 4.90 Å². The van der Waals surface area contributed by atoms with E-state index in [4.69, 9.17) is 10.5 Å². The summed E-state index contributed by atoms with van der Waals surface area (Å²) in [6, 6.07) is 1.04. The van der Waals surface area contributed by atoms with Crippen LogP contribution in [-0.2, 0) is 4.74 Å². The van der Waals surface area contributed by atoms with E-state index in [0.29, 0.717) is 5.92 Å². The van der Waals surface area contributed by atoms with Crippen molar-refractivity contribution in [1.82, 2.24) is 4.90 Å². The maximum Gasteiger partial charge on any atom is 0.0621 e. The lowest BCUT2D eigenvalue weighted by atomic mass is 9.99. The summed E-state index contributed by atoms with van der Waals surface area (Å²) < 4.78 is 5.42. The Morgan fingerprint density at radius 2 is 2.20 bits per heavy atom. The molecule has 2 aliphatic heterocycles. The molecule has 0 aromatic heterocycles. The number of nitrogens with two attached hydrogens (primary N) is 1. The van der Waals surface area contributed by atoms with Crippen LogP contribution in [0.15, 0.2) is 0 Å². The molecule has 3 atom stereocenters. The number of hydrogen-bond donors (Lipinski definition) is 1. The van der Waals surface area contributed by atoms with Crippen molar-refractivity contribution in [2.24, 2.45) is 17.6 Å². The molecule has 0 amide bonds. The highest BCUT2D eigenvalue weighted by atomic mass is 16.5. The van der Waals surface area contributed by atoms with E-state index in [1.54, 1.807) is 0 Å². The van der Waals surface area contributed by atoms with Crippen molar-refractivity contribution >= 4 is 0 Å². The molecular weight excluding hydrogens is 188 g/mol. The van der Waals surface area contributed by atoms with Crippen LogP contribution in [0.5, 0.6) is 0 Å². The van der Waals surface area contributed by atoms with Gasteiger partial charge in [0, 0.05) is 24.5 Å². The molecule has 0 aromatic carbocycles. The lowest BCUT2D eigenvalue weighted by Crippen LogP contribution is -2.42. The monoisotopic (exact) mass is 212 g/mol. The van der Waals surface area contributed by atoms with E-state index < -0.39 is 0 Å². The largest absolute Gasteiger partial charge is 0.379 e. The van der Waals surface area contributed by atoms with Crippen LogP contribution in [-0.4, -0.2) is 43.3 Å². The second-order valence-corrected chi connectivity index (χ2v) is 5.41. The van der Waals surface area contributed by atoms with Crippen LogP contribution >= 0.6 is 0 Å². The summed E-state index contributed by atoms with van der Waals surface area (Å²) in [4.78, 5) is 2.63. The predicted molar refractivity (Wildman–Crippen MR) is 61.7 cm³/mol. The van der Waals surface area contributed by atoms with Gasteiger partial charge in [-0.25, -0.2) is 0 Å². The first-order valence-electron chi connectivity index (χ1n) is 6.26. The van der Waals surface area contributed by atoms with E-state index >= 15 is 0 Å². The number of ether oxygens (including phenoxy) is 1. The molecule has 88 valence electrons. The van der Waals surface area contributed by atoms with E-state index in [2.05, 4.69) is 18.7 Å². The maximum absolute atomic E-state index is 6.03. The SMILES string of the molecule is CC(C)C1CCCN1CC1COCC1N. The summed E-state index contributed by atoms with van der Waals surface area (Å²) in [6.45, 7) is 8.67. The Bertz CT molecular complexity index is 208. The topological polar surface area (TPSA) is 38.5 Å². The lowest BCUT2D eigenvalue weighted by Gasteiger charge is -2.30. The normalized spacial score (nSPS) is 38.0. The van der Waals surface area contributed by atoms with Gasteiger partial charge in [0.15, 0.2) is 0 Å². The van der Waals surface area contributed by atoms with Crippen LogP contribution in [0, 0.1) is 11.8 Å². The molecule has 2 rings (SSSR count). The molecule has 3 heteroatoms. The molecule has 2 N–H and O–H groups in total. The Morgan fingerprint density at radius 3 is 2.80 bits per heavy atom. The van der Waals surface area contributed by atoms with Gasteiger partial charge in [0.05, 0.1) is 13.2 Å². The first kappa shape index (κ1) is 11.4. The fourth-order valence-corrected chi connectivity index (χ4v) is 2.94. The molecule has 15 heavy (non-hydrogen) atoms. The first-order valence-corrected chi connectivity index (χ1v) is 6.26. The van der Waals surface area contributed by atoms with Crippen molar-refractivity contribution in [2.75, 3.05) is 26.3 Å². The fraction of sp³-hybridized carbons (Fsp3) is 1.00. The van der Waals surface area contributed by atoms with Gasteiger partial charge in [-0.2, -0.15) is 0 Å². The highest BCUT2D eigenvalue weighted by Gasteiger charge is 2.32. The minimum absolute atomic E-state index is 0.262. The average molecular weight is 212 g/mol. The molecule has 2 saturated heterocycles. The van der Waals surface area contributed by atoms with Crippen LogP contribution in [0.3, 0.4) is 0 Å². The molecular formula is C12H24N2O. The van der Waals surface area contributed by atoms with Gasteiger partial charge in [-0.15, -0.1) is 0 Å². The van der Waals surface area contributed by atoms with E-state index in [9.17, 15) is 0 Å². The van der Waals surface area contributed by atoms with Crippen molar-refractivity contribution in [3.05, 3.63) is 0 Å². The molecule has 3 nitrogen and oxygen atoms in total. The Kier molecular flexibility index (Phi) is 3.65. The zero-order valence-corrected chi connectivity index (χ0v) is 9.98. The number of nitrogens with zero attached hydrogens (tertiary/aromatic N) is 1. The Hall–Kier alpha value is -0.120. The predicted octanol–water partition coefficient (Wildman–Crippen LogP) is 1.08. The van der Waals surface area contributed by atoms with Gasteiger partial charge < -0.3 is 10.5 Å². The average Bonchev–Trinajstić information content (AvgIpc) is 2.77. The van der Waals surface area contributed by atoms with Gasteiger partial charge in [0.1, 0.15) is 0 Å². The third kappa shape index (κ3) is 2.52. The zero-order chi connectivity index (χ0) is 10.8. The van der Waals surface area contributed by atoms with Crippen molar-refractivity contribution < 1.29 is 4.74 Å². The van der Waals surface area contributed by atoms with Crippen LogP contribution in [0.4, 0.5) is 0 Å². The minimum atomic E-state index is 0.262. The molecule has 0 saturated carbocycles. The summed E-state index contributed by atoms with van der Waals surface area (Å²) >= 11 is 0. The second kappa shape index (κ2) is 4.81. The third-order valence-corrected chi connectivity index (χ3v) is 3.90. The van der Waals surface area contributed by atoms with Crippen LogP contribution in [0.1, 0.15) is 26.7 Å². The highest BCUT2D eigenvalue weighted by molar-refractivity contribution is 4.87. The van der Waals surface area contributed by atoms with Gasteiger partial charge >= 0.3 is 0 Å². The van der Waals surface area contributed by atoms with Gasteiger partial charge in [0.2, 0.25) is 0 Å². The van der Waals surface area contributed by atoms with Crippen molar-refractivity contribution in [2.45, 2.75) is 38.8 Å². The van der Waals surface area contributed by atoms with E-state index in [1.807, 2.05) is 0 Å². The smallest absolute Gasteiger partial charge is 0.0621 e. The van der Waals surface area contributed by atoms with Gasteiger partial charge in [-0.05, 0) is 25.3 Å². The Labute approximate surface area is 93.0 Å². The summed E-state index contributed by atoms with van der Waals surface area (Å²) in [5.41, 5.74) is 6.03. The van der Waals surface area contributed by atoms with E-state index in [-0.39, 0.29) is 6.04 Å². The molecule has 0 aliphatic carbocycles. The highest BCUT2D eigenvalue weighted by Crippen LogP contribution is 2.26. The molecule has 2 fully saturated rings.